The summed E-state index contributed by atoms with van der Waals surface area (Å²) in [7, 11) is 3.92. The van der Waals surface area contributed by atoms with Crippen molar-refractivity contribution >= 4 is 82.5 Å². The summed E-state index contributed by atoms with van der Waals surface area (Å²) in [5.74, 6) is -9.00. The van der Waals surface area contributed by atoms with E-state index >= 15 is 0 Å². The average Bonchev–Trinajstić information content (AvgIpc) is 3.24. The van der Waals surface area contributed by atoms with Crippen LogP contribution in [0.15, 0.2) is 18.2 Å². The second kappa shape index (κ2) is 27.8. The standard InChI is InChI=1S/C44H68Cl2N10O11/c1-24(2)19-30(38(61)53-32(43(66)67)22-27-14-15-28(45)29(46)20-27)51-40(63)35(23-37(59)60)56(6)41(64)31(21-26-11-8-7-9-12-26)52-39(62)33(16-17-36(47)58)55(5)42(65)34(54(4)25(3)57)13-10-18-50-44(48)49/h14-15,20,24,26,30-35H,7-13,16-19,21-23H2,1-6H3,(H2,47,58)(H,51,63)(H,52,62)(H,53,61)(H,59,60)(H,66,67)(H4,48,49,50)/t30-,31-,32-,33-,34-,35-/m0/s1. The molecule has 0 aromatic heterocycles. The summed E-state index contributed by atoms with van der Waals surface area (Å²) < 4.78 is 0. The first-order chi connectivity index (χ1) is 31.3. The fraction of sp³-hybridized carbons (Fsp3) is 0.636. The molecule has 374 valence electrons. The lowest BCUT2D eigenvalue weighted by molar-refractivity contribution is -0.150. The number of primary amides is 1. The molecule has 23 heteroatoms. The minimum Gasteiger partial charge on any atom is -0.481 e. The second-order valence-electron chi connectivity index (χ2n) is 17.5. The first-order valence-electron chi connectivity index (χ1n) is 22.3. The summed E-state index contributed by atoms with van der Waals surface area (Å²) in [5, 5.41) is 38.2. The number of likely N-dealkylation sites (N-methyl/N-ethyl adjacent to an activating group) is 3. The van der Waals surface area contributed by atoms with Gasteiger partial charge in [-0.25, -0.2) is 4.79 Å². The Bertz CT molecular complexity index is 1950. The van der Waals surface area contributed by atoms with Crippen LogP contribution in [0.3, 0.4) is 0 Å². The van der Waals surface area contributed by atoms with Gasteiger partial charge in [-0.05, 0) is 61.6 Å². The summed E-state index contributed by atoms with van der Waals surface area (Å²) in [5.41, 5.74) is 11.3. The van der Waals surface area contributed by atoms with Gasteiger partial charge in [0.2, 0.25) is 41.4 Å². The molecule has 1 aliphatic rings. The third-order valence-electron chi connectivity index (χ3n) is 11.8. The molecule has 1 aromatic rings. The Balaban J connectivity index is 2.50. The van der Waals surface area contributed by atoms with E-state index in [4.69, 9.17) is 40.1 Å². The minimum absolute atomic E-state index is 0.00814. The zero-order chi connectivity index (χ0) is 50.7. The van der Waals surface area contributed by atoms with Crippen LogP contribution in [0.25, 0.3) is 0 Å². The molecule has 6 atom stereocenters. The molecule has 0 saturated heterocycles. The molecule has 0 radical (unpaired) electrons. The van der Waals surface area contributed by atoms with Gasteiger partial charge < -0.3 is 57.6 Å². The Morgan fingerprint density at radius 3 is 1.88 bits per heavy atom. The molecule has 0 aliphatic heterocycles. The highest BCUT2D eigenvalue weighted by atomic mass is 35.5. The fourth-order valence-electron chi connectivity index (χ4n) is 7.95. The van der Waals surface area contributed by atoms with E-state index in [1.54, 1.807) is 19.9 Å². The summed E-state index contributed by atoms with van der Waals surface area (Å²) in [4.78, 5) is 123. The molecular weight excluding hydrogens is 915 g/mol. The maximum absolute atomic E-state index is 14.6. The Morgan fingerprint density at radius 2 is 1.34 bits per heavy atom. The number of carboxylic acid groups (broad SMARTS) is 2. The van der Waals surface area contributed by atoms with Gasteiger partial charge in [0, 0.05) is 47.5 Å². The molecule has 0 heterocycles. The number of hydrogen-bond donors (Lipinski definition) is 9. The van der Waals surface area contributed by atoms with Gasteiger partial charge in [0.05, 0.1) is 16.5 Å². The van der Waals surface area contributed by atoms with Gasteiger partial charge in [0.1, 0.15) is 36.3 Å². The van der Waals surface area contributed by atoms with Crippen molar-refractivity contribution in [1.29, 1.82) is 5.41 Å². The number of benzene rings is 1. The van der Waals surface area contributed by atoms with Crippen molar-refractivity contribution in [2.45, 2.75) is 140 Å². The van der Waals surface area contributed by atoms with Crippen LogP contribution in [0.1, 0.15) is 103 Å². The molecule has 2 rings (SSSR count). The van der Waals surface area contributed by atoms with Gasteiger partial charge >= 0.3 is 11.9 Å². The van der Waals surface area contributed by atoms with Crippen molar-refractivity contribution in [2.24, 2.45) is 23.3 Å². The maximum Gasteiger partial charge on any atom is 0.326 e. The van der Waals surface area contributed by atoms with E-state index in [0.717, 1.165) is 29.1 Å². The number of carbonyl (C=O) groups is 9. The van der Waals surface area contributed by atoms with Gasteiger partial charge in [-0.2, -0.15) is 0 Å². The Kier molecular flexibility index (Phi) is 23.8. The number of amides is 7. The van der Waals surface area contributed by atoms with Gasteiger partial charge in [-0.1, -0.05) is 75.2 Å². The molecule has 1 aromatic carbocycles. The number of guanidine groups is 1. The molecule has 1 aliphatic carbocycles. The molecule has 11 N–H and O–H groups in total. The van der Waals surface area contributed by atoms with Crippen LogP contribution in [0.4, 0.5) is 0 Å². The van der Waals surface area contributed by atoms with E-state index in [9.17, 15) is 53.4 Å². The lowest BCUT2D eigenvalue weighted by Gasteiger charge is -2.36. The first-order valence-corrected chi connectivity index (χ1v) is 23.0. The SMILES string of the molecule is CC(=O)N(C)[C@@H](CCCNC(=N)N)C(=O)N(C)[C@@H](CCC(N)=O)C(=O)N[C@@H](CC1CCCCC1)C(=O)N(C)[C@@H](CC(=O)O)C(=O)N[C@@H](CC(C)C)C(=O)N[C@@H](Cc1ccc(Cl)c(Cl)c1)C(=O)O. The third kappa shape index (κ3) is 19.2. The third-order valence-corrected chi connectivity index (χ3v) is 12.5. The topological polar surface area (TPSA) is 328 Å². The van der Waals surface area contributed by atoms with Crippen molar-refractivity contribution < 1.29 is 53.4 Å². The van der Waals surface area contributed by atoms with E-state index in [1.165, 1.54) is 45.1 Å². The Morgan fingerprint density at radius 1 is 0.761 bits per heavy atom. The number of rotatable bonds is 27. The molecule has 0 bridgehead atoms. The number of nitrogens with one attached hydrogen (secondary N) is 5. The van der Waals surface area contributed by atoms with Crippen molar-refractivity contribution in [3.63, 3.8) is 0 Å². The number of carboxylic acids is 2. The van der Waals surface area contributed by atoms with Crippen LogP contribution in [0.5, 0.6) is 0 Å². The first kappa shape index (κ1) is 57.4. The van der Waals surface area contributed by atoms with Crippen LogP contribution >= 0.6 is 23.2 Å². The zero-order valence-electron chi connectivity index (χ0n) is 39.1. The van der Waals surface area contributed by atoms with E-state index < -0.39 is 96.0 Å². The highest BCUT2D eigenvalue weighted by molar-refractivity contribution is 6.42. The van der Waals surface area contributed by atoms with E-state index in [2.05, 4.69) is 21.3 Å². The van der Waals surface area contributed by atoms with Crippen molar-refractivity contribution in [3.05, 3.63) is 33.8 Å². The van der Waals surface area contributed by atoms with Crippen LogP contribution < -0.4 is 32.7 Å². The molecular formula is C44H68Cl2N10O11. The Hall–Kier alpha value is -5.70. The van der Waals surface area contributed by atoms with Crippen molar-refractivity contribution in [1.82, 2.24) is 36.0 Å². The maximum atomic E-state index is 14.6. The van der Waals surface area contributed by atoms with Crippen LogP contribution in [-0.2, 0) is 49.6 Å². The Labute approximate surface area is 401 Å². The highest BCUT2D eigenvalue weighted by Crippen LogP contribution is 2.29. The average molecular weight is 984 g/mol. The molecule has 1 fully saturated rings. The quantitative estimate of drug-likeness (QED) is 0.0344. The molecule has 1 saturated carbocycles. The lowest BCUT2D eigenvalue weighted by Crippen LogP contribution is -2.60. The summed E-state index contributed by atoms with van der Waals surface area (Å²) in [6.07, 6.45) is 2.78. The van der Waals surface area contributed by atoms with Gasteiger partial charge in [-0.15, -0.1) is 0 Å². The minimum atomic E-state index is -1.74. The molecule has 67 heavy (non-hydrogen) atoms. The zero-order valence-corrected chi connectivity index (χ0v) is 40.6. The van der Waals surface area contributed by atoms with Crippen molar-refractivity contribution in [2.75, 3.05) is 27.7 Å². The number of carbonyl (C=O) groups excluding carboxylic acids is 7. The van der Waals surface area contributed by atoms with Crippen LogP contribution in [0, 0.1) is 17.2 Å². The van der Waals surface area contributed by atoms with E-state index in [0.29, 0.717) is 24.8 Å². The number of hydrogen-bond acceptors (Lipinski definition) is 10. The smallest absolute Gasteiger partial charge is 0.326 e. The number of nitrogens with zero attached hydrogens (tertiary/aromatic N) is 3. The lowest BCUT2D eigenvalue weighted by atomic mass is 9.84. The van der Waals surface area contributed by atoms with Crippen LogP contribution in [0.2, 0.25) is 10.0 Å². The number of nitrogens with two attached hydrogens (primary N) is 2. The molecule has 0 unspecified atom stereocenters. The summed E-state index contributed by atoms with van der Waals surface area (Å²) in [6.45, 7) is 4.96. The molecule has 21 nitrogen and oxygen atoms in total. The predicted molar refractivity (Wildman–Crippen MR) is 249 cm³/mol. The summed E-state index contributed by atoms with van der Waals surface area (Å²) >= 11 is 12.1. The number of aliphatic carboxylic acids is 2. The van der Waals surface area contributed by atoms with Crippen molar-refractivity contribution in [3.8, 4) is 0 Å². The fourth-order valence-corrected chi connectivity index (χ4v) is 8.27. The molecule has 0 spiro atoms. The monoisotopic (exact) mass is 982 g/mol. The second-order valence-corrected chi connectivity index (χ2v) is 18.3. The van der Waals surface area contributed by atoms with Gasteiger partial charge in [0.15, 0.2) is 5.96 Å². The van der Waals surface area contributed by atoms with Gasteiger partial charge in [0.25, 0.3) is 0 Å². The summed E-state index contributed by atoms with van der Waals surface area (Å²) in [6, 6.07) is -3.97. The normalized spacial score (nSPS) is 15.4. The van der Waals surface area contributed by atoms with E-state index in [-0.39, 0.29) is 72.9 Å². The number of halogens is 2. The predicted octanol–water partition coefficient (Wildman–Crippen LogP) is 1.60. The van der Waals surface area contributed by atoms with E-state index in [1.807, 2.05) is 0 Å². The van der Waals surface area contributed by atoms with Gasteiger partial charge in [-0.3, -0.25) is 43.8 Å². The molecule has 7 amide bonds. The highest BCUT2D eigenvalue weighted by Gasteiger charge is 2.40. The van der Waals surface area contributed by atoms with Crippen LogP contribution in [-0.4, -0.2) is 148 Å². The largest absolute Gasteiger partial charge is 0.481 e.